The van der Waals surface area contributed by atoms with Crippen LogP contribution in [0, 0.1) is 17.2 Å². The van der Waals surface area contributed by atoms with Crippen molar-refractivity contribution in [3.8, 4) is 6.07 Å². The Morgan fingerprint density at radius 1 is 1.20 bits per heavy atom. The highest BCUT2D eigenvalue weighted by atomic mass is 15.0. The minimum absolute atomic E-state index is 0.346. The van der Waals surface area contributed by atoms with E-state index in [2.05, 4.69) is 11.4 Å². The largest absolute Gasteiger partial charge is 0.311 e. The molecule has 1 unspecified atom stereocenters. The van der Waals surface area contributed by atoms with Gasteiger partial charge in [-0.05, 0) is 25.7 Å². The Morgan fingerprint density at radius 2 is 1.80 bits per heavy atom. The highest BCUT2D eigenvalue weighted by Gasteiger charge is 2.33. The second-order valence-corrected chi connectivity index (χ2v) is 3.44. The van der Waals surface area contributed by atoms with E-state index in [1.54, 1.807) is 0 Å². The fraction of sp³-hybridized carbons (Fsp3) is 0.875. The van der Waals surface area contributed by atoms with E-state index < -0.39 is 0 Å². The molecule has 3 atom stereocenters. The van der Waals surface area contributed by atoms with Crippen molar-refractivity contribution in [1.29, 1.82) is 5.26 Å². The summed E-state index contributed by atoms with van der Waals surface area (Å²) in [6, 6.07) is 3.70. The SMILES string of the molecule is N#CC1C[C@H]2CC[C@@H](C1)N2. The molecule has 0 aromatic carbocycles. The molecule has 0 amide bonds. The summed E-state index contributed by atoms with van der Waals surface area (Å²) in [7, 11) is 0. The first-order valence-corrected chi connectivity index (χ1v) is 4.04. The topological polar surface area (TPSA) is 35.8 Å². The molecule has 10 heavy (non-hydrogen) atoms. The van der Waals surface area contributed by atoms with Crippen LogP contribution in [-0.2, 0) is 0 Å². The van der Waals surface area contributed by atoms with Crippen LogP contribution in [0.15, 0.2) is 0 Å². The first-order chi connectivity index (χ1) is 4.88. The Labute approximate surface area is 61.2 Å². The van der Waals surface area contributed by atoms with Gasteiger partial charge in [-0.2, -0.15) is 5.26 Å². The van der Waals surface area contributed by atoms with Crippen molar-refractivity contribution in [1.82, 2.24) is 5.32 Å². The molecule has 54 valence electrons. The van der Waals surface area contributed by atoms with E-state index in [0.29, 0.717) is 18.0 Å². The van der Waals surface area contributed by atoms with E-state index in [4.69, 9.17) is 5.26 Å². The van der Waals surface area contributed by atoms with E-state index >= 15 is 0 Å². The Morgan fingerprint density at radius 3 is 2.30 bits per heavy atom. The summed E-state index contributed by atoms with van der Waals surface area (Å²) in [5, 5.41) is 12.2. The van der Waals surface area contributed by atoms with Crippen molar-refractivity contribution in [3.05, 3.63) is 0 Å². The molecule has 2 heteroatoms. The molecule has 0 radical (unpaired) electrons. The maximum absolute atomic E-state index is 8.68. The lowest BCUT2D eigenvalue weighted by Crippen LogP contribution is -2.37. The average molecular weight is 136 g/mol. The number of nitrogens with one attached hydrogen (secondary N) is 1. The Bertz CT molecular complexity index is 159. The lowest BCUT2D eigenvalue weighted by atomic mass is 9.94. The van der Waals surface area contributed by atoms with E-state index in [1.807, 2.05) is 0 Å². The normalized spacial score (nSPS) is 44.9. The van der Waals surface area contributed by atoms with Gasteiger partial charge in [-0.1, -0.05) is 0 Å². The molecule has 2 fully saturated rings. The first-order valence-electron chi connectivity index (χ1n) is 4.04. The van der Waals surface area contributed by atoms with Crippen molar-refractivity contribution in [3.63, 3.8) is 0 Å². The number of fused-ring (bicyclic) bond motifs is 2. The molecule has 0 aliphatic carbocycles. The predicted octanol–water partition coefficient (Wildman–Crippen LogP) is 1.04. The van der Waals surface area contributed by atoms with Crippen LogP contribution in [0.5, 0.6) is 0 Å². The molecular formula is C8H12N2. The van der Waals surface area contributed by atoms with Gasteiger partial charge >= 0.3 is 0 Å². The van der Waals surface area contributed by atoms with E-state index in [1.165, 1.54) is 12.8 Å². The van der Waals surface area contributed by atoms with Crippen molar-refractivity contribution < 1.29 is 0 Å². The van der Waals surface area contributed by atoms with Gasteiger partial charge in [0.1, 0.15) is 0 Å². The van der Waals surface area contributed by atoms with Gasteiger partial charge in [0.05, 0.1) is 6.07 Å². The molecule has 2 rings (SSSR count). The van der Waals surface area contributed by atoms with Gasteiger partial charge in [-0.3, -0.25) is 0 Å². The third-order valence-electron chi connectivity index (χ3n) is 2.66. The summed E-state index contributed by atoms with van der Waals surface area (Å²) in [4.78, 5) is 0. The first kappa shape index (κ1) is 6.18. The summed E-state index contributed by atoms with van der Waals surface area (Å²) < 4.78 is 0. The predicted molar refractivity (Wildman–Crippen MR) is 38.3 cm³/mol. The highest BCUT2D eigenvalue weighted by molar-refractivity contribution is 4.98. The lowest BCUT2D eigenvalue weighted by molar-refractivity contribution is 0.350. The van der Waals surface area contributed by atoms with Crippen LogP contribution in [0.1, 0.15) is 25.7 Å². The third kappa shape index (κ3) is 0.911. The van der Waals surface area contributed by atoms with Gasteiger partial charge in [0, 0.05) is 18.0 Å². The summed E-state index contributed by atoms with van der Waals surface area (Å²) in [5.74, 6) is 0.346. The van der Waals surface area contributed by atoms with Crippen molar-refractivity contribution in [2.45, 2.75) is 37.8 Å². The van der Waals surface area contributed by atoms with Crippen LogP contribution in [-0.4, -0.2) is 12.1 Å². The van der Waals surface area contributed by atoms with Gasteiger partial charge in [0.25, 0.3) is 0 Å². The fourth-order valence-electron chi connectivity index (χ4n) is 2.16. The van der Waals surface area contributed by atoms with Gasteiger partial charge in [-0.15, -0.1) is 0 Å². The molecule has 0 aromatic rings. The monoisotopic (exact) mass is 136 g/mol. The Balaban J connectivity index is 2.04. The Hall–Kier alpha value is -0.550. The number of nitrogens with zero attached hydrogens (tertiary/aromatic N) is 1. The number of hydrogen-bond donors (Lipinski definition) is 1. The quantitative estimate of drug-likeness (QED) is 0.540. The van der Waals surface area contributed by atoms with Gasteiger partial charge in [-0.25, -0.2) is 0 Å². The molecule has 2 bridgehead atoms. The highest BCUT2D eigenvalue weighted by Crippen LogP contribution is 2.29. The number of rotatable bonds is 0. The van der Waals surface area contributed by atoms with E-state index in [0.717, 1.165) is 12.8 Å². The van der Waals surface area contributed by atoms with Crippen LogP contribution < -0.4 is 5.32 Å². The molecule has 2 saturated heterocycles. The molecule has 0 saturated carbocycles. The van der Waals surface area contributed by atoms with Gasteiger partial charge in [0.15, 0.2) is 0 Å². The summed E-state index contributed by atoms with van der Waals surface area (Å²) >= 11 is 0. The average Bonchev–Trinajstić information content (AvgIpc) is 2.30. The second-order valence-electron chi connectivity index (χ2n) is 3.44. The van der Waals surface area contributed by atoms with Gasteiger partial charge in [0.2, 0.25) is 0 Å². The summed E-state index contributed by atoms with van der Waals surface area (Å²) in [6.07, 6.45) is 4.77. The van der Waals surface area contributed by atoms with Crippen LogP contribution in [0.3, 0.4) is 0 Å². The maximum Gasteiger partial charge on any atom is 0.0657 e. The minimum Gasteiger partial charge on any atom is -0.311 e. The molecule has 2 aliphatic rings. The van der Waals surface area contributed by atoms with Crippen LogP contribution >= 0.6 is 0 Å². The zero-order valence-corrected chi connectivity index (χ0v) is 6.01. The number of nitriles is 1. The minimum atomic E-state index is 0.346. The molecular weight excluding hydrogens is 124 g/mol. The van der Waals surface area contributed by atoms with E-state index in [9.17, 15) is 0 Å². The standard InChI is InChI=1S/C8H12N2/c9-5-6-3-7-1-2-8(4-6)10-7/h6-8,10H,1-4H2/t6?,7-,8+. The number of hydrogen-bond acceptors (Lipinski definition) is 2. The third-order valence-corrected chi connectivity index (χ3v) is 2.66. The zero-order chi connectivity index (χ0) is 6.97. The Kier molecular flexibility index (Phi) is 1.39. The number of piperidine rings is 1. The summed E-state index contributed by atoms with van der Waals surface area (Å²) in [5.41, 5.74) is 0. The second kappa shape index (κ2) is 2.25. The molecule has 2 nitrogen and oxygen atoms in total. The smallest absolute Gasteiger partial charge is 0.0657 e. The van der Waals surface area contributed by atoms with Crippen molar-refractivity contribution in [2.75, 3.05) is 0 Å². The van der Waals surface area contributed by atoms with Crippen LogP contribution in [0.2, 0.25) is 0 Å². The molecule has 2 heterocycles. The molecule has 0 aromatic heterocycles. The van der Waals surface area contributed by atoms with Crippen LogP contribution in [0.4, 0.5) is 0 Å². The molecule has 0 spiro atoms. The van der Waals surface area contributed by atoms with Gasteiger partial charge < -0.3 is 5.32 Å². The summed E-state index contributed by atoms with van der Waals surface area (Å²) in [6.45, 7) is 0. The van der Waals surface area contributed by atoms with Crippen molar-refractivity contribution in [2.24, 2.45) is 5.92 Å². The van der Waals surface area contributed by atoms with Crippen molar-refractivity contribution >= 4 is 0 Å². The molecule has 1 N–H and O–H groups in total. The molecule has 2 aliphatic heterocycles. The van der Waals surface area contributed by atoms with Crippen LogP contribution in [0.25, 0.3) is 0 Å². The fourth-order valence-corrected chi connectivity index (χ4v) is 2.16. The lowest BCUT2D eigenvalue weighted by Gasteiger charge is -2.24. The van der Waals surface area contributed by atoms with E-state index in [-0.39, 0.29) is 0 Å². The zero-order valence-electron chi connectivity index (χ0n) is 6.01. The maximum atomic E-state index is 8.68.